The molecule has 0 fully saturated rings. The maximum absolute atomic E-state index is 11.2. The Balaban J connectivity index is 2.43. The Morgan fingerprint density at radius 3 is 2.37 bits per heavy atom. The molecule has 0 unspecified atom stereocenters. The van der Waals surface area contributed by atoms with E-state index in [4.69, 9.17) is 19.6 Å². The molecule has 0 saturated heterocycles. The Morgan fingerprint density at radius 1 is 1.16 bits per heavy atom. The fraction of sp³-hybridized carbons (Fsp3) is 0.222. The molecule has 0 spiro atoms. The van der Waals surface area contributed by atoms with Crippen molar-refractivity contribution in [2.45, 2.75) is 11.9 Å². The second-order valence-corrected chi connectivity index (χ2v) is 8.05. The van der Waals surface area contributed by atoms with Crippen LogP contribution in [0.2, 0.25) is 0 Å². The Hall–Kier alpha value is -1.01. The highest BCUT2D eigenvalue weighted by molar-refractivity contribution is 7.70. The van der Waals surface area contributed by atoms with E-state index in [0.717, 1.165) is 5.39 Å². The molecular weight excluding hydrogens is 294 g/mol. The lowest BCUT2D eigenvalue weighted by atomic mass is 10.3. The van der Waals surface area contributed by atoms with Crippen molar-refractivity contribution < 1.29 is 28.7 Å². The summed E-state index contributed by atoms with van der Waals surface area (Å²) in [5.41, 5.74) is 0.411. The van der Waals surface area contributed by atoms with Gasteiger partial charge in [-0.05, 0) is 18.2 Å². The number of aromatic nitrogens is 2. The van der Waals surface area contributed by atoms with Gasteiger partial charge in [-0.2, -0.15) is 0 Å². The summed E-state index contributed by atoms with van der Waals surface area (Å²) in [5.74, 6) is 0. The lowest BCUT2D eigenvalue weighted by molar-refractivity contribution is 0.332. The standard InChI is InChI=1S/C9H12N2O6P2/c12-18(13,14)8(19(15,16)17)6-11-5-3-7-2-1-4-10-9(7)11/h1-5,8H,6H2,(H2,12,13,14)(H2,15,16,17). The first-order valence-corrected chi connectivity index (χ1v) is 8.56. The van der Waals surface area contributed by atoms with Crippen molar-refractivity contribution in [1.29, 1.82) is 0 Å². The third-order valence-corrected chi connectivity index (χ3v) is 6.34. The summed E-state index contributed by atoms with van der Waals surface area (Å²) in [7, 11) is -9.86. The van der Waals surface area contributed by atoms with Crippen LogP contribution in [0.3, 0.4) is 0 Å². The molecule has 0 saturated carbocycles. The van der Waals surface area contributed by atoms with Gasteiger partial charge in [0, 0.05) is 24.3 Å². The number of nitrogens with zero attached hydrogens (tertiary/aromatic N) is 2. The molecule has 0 bridgehead atoms. The molecule has 104 valence electrons. The predicted molar refractivity (Wildman–Crippen MR) is 67.6 cm³/mol. The normalized spacial score (nSPS) is 13.3. The van der Waals surface area contributed by atoms with Gasteiger partial charge in [0.15, 0.2) is 5.40 Å². The van der Waals surface area contributed by atoms with Crippen molar-refractivity contribution in [2.24, 2.45) is 0 Å². The summed E-state index contributed by atoms with van der Waals surface area (Å²) in [6.45, 7) is -0.505. The summed E-state index contributed by atoms with van der Waals surface area (Å²) < 4.78 is 23.7. The average Bonchev–Trinajstić information content (AvgIpc) is 2.66. The average molecular weight is 306 g/mol. The molecule has 0 aliphatic heterocycles. The zero-order chi connectivity index (χ0) is 14.3. The minimum absolute atomic E-state index is 0.411. The van der Waals surface area contributed by atoms with Crippen LogP contribution in [0.4, 0.5) is 0 Å². The number of fused-ring (bicyclic) bond motifs is 1. The van der Waals surface area contributed by atoms with Gasteiger partial charge in [-0.1, -0.05) is 0 Å². The van der Waals surface area contributed by atoms with Crippen molar-refractivity contribution in [1.82, 2.24) is 9.55 Å². The van der Waals surface area contributed by atoms with E-state index in [9.17, 15) is 9.13 Å². The van der Waals surface area contributed by atoms with Crippen LogP contribution in [0, 0.1) is 0 Å². The lowest BCUT2D eigenvalue weighted by Gasteiger charge is -2.20. The molecule has 0 aliphatic carbocycles. The molecule has 10 heteroatoms. The van der Waals surface area contributed by atoms with Gasteiger partial charge in [-0.15, -0.1) is 0 Å². The maximum atomic E-state index is 11.2. The molecule has 0 aliphatic rings. The Bertz CT molecular complexity index is 665. The van der Waals surface area contributed by atoms with Gasteiger partial charge in [0.1, 0.15) is 5.65 Å². The first-order valence-electron chi connectivity index (χ1n) is 5.20. The molecule has 0 radical (unpaired) electrons. The highest BCUT2D eigenvalue weighted by Gasteiger charge is 2.43. The number of hydrogen-bond acceptors (Lipinski definition) is 3. The van der Waals surface area contributed by atoms with Crippen LogP contribution >= 0.6 is 15.2 Å². The quantitative estimate of drug-likeness (QED) is 0.611. The van der Waals surface area contributed by atoms with Crippen molar-refractivity contribution >= 4 is 26.2 Å². The van der Waals surface area contributed by atoms with E-state index in [1.807, 2.05) is 0 Å². The van der Waals surface area contributed by atoms with Crippen LogP contribution in [0.1, 0.15) is 0 Å². The second kappa shape index (κ2) is 4.83. The monoisotopic (exact) mass is 306 g/mol. The Labute approximate surface area is 108 Å². The predicted octanol–water partition coefficient (Wildman–Crippen LogP) is 0.718. The lowest BCUT2D eigenvalue weighted by Crippen LogP contribution is -2.17. The Morgan fingerprint density at radius 2 is 1.79 bits per heavy atom. The van der Waals surface area contributed by atoms with Gasteiger partial charge in [-0.3, -0.25) is 9.13 Å². The molecule has 2 aromatic heterocycles. The molecule has 0 amide bonds. The summed E-state index contributed by atoms with van der Waals surface area (Å²) in [6, 6.07) is 5.08. The SMILES string of the molecule is O=P(O)(O)C(Cn1ccc2cccnc21)P(=O)(O)O. The molecular formula is C9H12N2O6P2. The topological polar surface area (TPSA) is 133 Å². The molecule has 8 nitrogen and oxygen atoms in total. The third kappa shape index (κ3) is 3.12. The molecule has 0 aromatic carbocycles. The van der Waals surface area contributed by atoms with Crippen LogP contribution in [0.5, 0.6) is 0 Å². The van der Waals surface area contributed by atoms with E-state index in [-0.39, 0.29) is 0 Å². The van der Waals surface area contributed by atoms with Crippen LogP contribution < -0.4 is 0 Å². The van der Waals surface area contributed by atoms with Gasteiger partial charge in [-0.25, -0.2) is 4.98 Å². The zero-order valence-electron chi connectivity index (χ0n) is 9.57. The fourth-order valence-electron chi connectivity index (χ4n) is 1.75. The maximum Gasteiger partial charge on any atom is 0.342 e. The van der Waals surface area contributed by atoms with Crippen LogP contribution in [-0.2, 0) is 15.7 Å². The van der Waals surface area contributed by atoms with Gasteiger partial charge in [0.25, 0.3) is 0 Å². The summed E-state index contributed by atoms with van der Waals surface area (Å²) in [5, 5.41) is -1.35. The van der Waals surface area contributed by atoms with E-state index in [2.05, 4.69) is 4.98 Å². The zero-order valence-corrected chi connectivity index (χ0v) is 11.4. The van der Waals surface area contributed by atoms with Crippen LogP contribution in [0.25, 0.3) is 11.0 Å². The molecule has 19 heavy (non-hydrogen) atoms. The van der Waals surface area contributed by atoms with Crippen molar-refractivity contribution in [3.8, 4) is 0 Å². The smallest absolute Gasteiger partial charge is 0.331 e. The van der Waals surface area contributed by atoms with E-state index in [1.54, 1.807) is 18.2 Å². The molecule has 0 atom stereocenters. The molecule has 4 N–H and O–H groups in total. The van der Waals surface area contributed by atoms with Crippen molar-refractivity contribution in [3.63, 3.8) is 0 Å². The minimum Gasteiger partial charge on any atom is -0.331 e. The van der Waals surface area contributed by atoms with Gasteiger partial charge in [0.05, 0.1) is 0 Å². The van der Waals surface area contributed by atoms with Gasteiger partial charge < -0.3 is 24.1 Å². The summed E-state index contributed by atoms with van der Waals surface area (Å²) in [6.07, 6.45) is 2.97. The first kappa shape index (κ1) is 14.4. The van der Waals surface area contributed by atoms with Crippen molar-refractivity contribution in [3.05, 3.63) is 30.6 Å². The fourth-order valence-corrected chi connectivity index (χ4v) is 4.10. The highest BCUT2D eigenvalue weighted by atomic mass is 31.2. The molecule has 2 aromatic rings. The first-order chi connectivity index (χ1) is 8.69. The van der Waals surface area contributed by atoms with E-state index in [0.29, 0.717) is 5.65 Å². The number of pyridine rings is 1. The minimum atomic E-state index is -4.93. The van der Waals surface area contributed by atoms with E-state index in [1.165, 1.54) is 17.0 Å². The second-order valence-electron chi connectivity index (χ2n) is 4.04. The molecule has 2 heterocycles. The largest absolute Gasteiger partial charge is 0.342 e. The Kier molecular flexibility index (Phi) is 3.66. The van der Waals surface area contributed by atoms with Crippen LogP contribution in [0.15, 0.2) is 30.6 Å². The number of hydrogen-bond donors (Lipinski definition) is 4. The highest BCUT2D eigenvalue weighted by Crippen LogP contribution is 2.60. The summed E-state index contributed by atoms with van der Waals surface area (Å²) >= 11 is 0. The third-order valence-electron chi connectivity index (χ3n) is 2.66. The van der Waals surface area contributed by atoms with Crippen molar-refractivity contribution in [2.75, 3.05) is 0 Å². The van der Waals surface area contributed by atoms with Crippen LogP contribution in [-0.4, -0.2) is 34.5 Å². The van der Waals surface area contributed by atoms with E-state index >= 15 is 0 Å². The van der Waals surface area contributed by atoms with E-state index < -0.39 is 27.1 Å². The van der Waals surface area contributed by atoms with Gasteiger partial charge in [0.2, 0.25) is 0 Å². The molecule has 2 rings (SSSR count). The summed E-state index contributed by atoms with van der Waals surface area (Å²) in [4.78, 5) is 40.3. The van der Waals surface area contributed by atoms with Gasteiger partial charge >= 0.3 is 15.2 Å². The number of rotatable bonds is 4.